The Morgan fingerprint density at radius 1 is 1.31 bits per heavy atom. The van der Waals surface area contributed by atoms with E-state index in [0.29, 0.717) is 25.7 Å². The molecule has 0 radical (unpaired) electrons. The van der Waals surface area contributed by atoms with Crippen LogP contribution in [-0.2, 0) is 22.5 Å². The molecule has 0 bridgehead atoms. The van der Waals surface area contributed by atoms with Gasteiger partial charge < -0.3 is 14.8 Å². The number of halogens is 1. The van der Waals surface area contributed by atoms with Gasteiger partial charge in [0.1, 0.15) is 11.9 Å². The fourth-order valence-electron chi connectivity index (χ4n) is 3.43. The number of aldehydes is 1. The molecule has 32 heavy (non-hydrogen) atoms. The number of carbonyl (C=O) groups excluding carboxylic acids is 2. The first-order chi connectivity index (χ1) is 15.2. The second-order valence-corrected chi connectivity index (χ2v) is 8.83. The largest absolute Gasteiger partial charge is 0.444 e. The van der Waals surface area contributed by atoms with Crippen LogP contribution in [0.1, 0.15) is 50.3 Å². The fraction of sp³-hybridized carbons (Fsp3) is 0.417. The number of amides is 1. The summed E-state index contributed by atoms with van der Waals surface area (Å²) in [4.78, 5) is 26.8. The maximum atomic E-state index is 13.1. The molecule has 0 saturated carbocycles. The van der Waals surface area contributed by atoms with Gasteiger partial charge in [0.05, 0.1) is 11.2 Å². The third kappa shape index (κ3) is 6.12. The molecule has 0 fully saturated rings. The molecule has 3 aromatic rings. The monoisotopic (exact) mass is 440 g/mol. The van der Waals surface area contributed by atoms with Gasteiger partial charge in [0.15, 0.2) is 12.5 Å². The topological polar surface area (TPSA) is 85.6 Å². The number of benzene rings is 1. The van der Waals surface area contributed by atoms with Gasteiger partial charge in [-0.3, -0.25) is 0 Å². The van der Waals surface area contributed by atoms with Gasteiger partial charge in [-0.2, -0.15) is 5.10 Å². The number of nitrogens with zero attached hydrogens (tertiary/aromatic N) is 3. The zero-order valence-electron chi connectivity index (χ0n) is 18.9. The summed E-state index contributed by atoms with van der Waals surface area (Å²) >= 11 is 0. The van der Waals surface area contributed by atoms with Gasteiger partial charge >= 0.3 is 6.09 Å². The number of hydrogen-bond donors (Lipinski definition) is 1. The van der Waals surface area contributed by atoms with E-state index >= 15 is 0 Å². The summed E-state index contributed by atoms with van der Waals surface area (Å²) in [5.74, 6) is 0. The second-order valence-electron chi connectivity index (χ2n) is 8.83. The van der Waals surface area contributed by atoms with Crippen molar-refractivity contribution in [1.82, 2.24) is 19.9 Å². The molecule has 0 aliphatic carbocycles. The molecule has 7 nitrogen and oxygen atoms in total. The molecule has 3 rings (SSSR count). The van der Waals surface area contributed by atoms with Crippen molar-refractivity contribution in [1.29, 1.82) is 0 Å². The number of aromatic nitrogens is 3. The Kier molecular flexibility index (Phi) is 7.22. The predicted octanol–water partition coefficient (Wildman–Crippen LogP) is 4.59. The smallest absolute Gasteiger partial charge is 0.407 e. The Morgan fingerprint density at radius 2 is 2.09 bits per heavy atom. The molecule has 1 atom stereocenters. The molecule has 170 valence electrons. The number of carbonyl (C=O) groups is 2. The summed E-state index contributed by atoms with van der Waals surface area (Å²) in [7, 11) is 0. The van der Waals surface area contributed by atoms with Crippen molar-refractivity contribution < 1.29 is 18.7 Å². The lowest BCUT2D eigenvalue weighted by molar-refractivity contribution is -0.112. The van der Waals surface area contributed by atoms with E-state index in [1.165, 1.54) is 6.33 Å². The highest BCUT2D eigenvalue weighted by molar-refractivity contribution is 5.77. The van der Waals surface area contributed by atoms with Crippen LogP contribution in [0.15, 0.2) is 36.8 Å². The highest BCUT2D eigenvalue weighted by Gasteiger charge is 2.16. The van der Waals surface area contributed by atoms with E-state index in [9.17, 15) is 14.0 Å². The lowest BCUT2D eigenvalue weighted by Crippen LogP contribution is -2.32. The zero-order chi connectivity index (χ0) is 23.3. The van der Waals surface area contributed by atoms with Crippen LogP contribution in [0.4, 0.5) is 9.18 Å². The Morgan fingerprint density at radius 3 is 2.78 bits per heavy atom. The molecule has 2 aromatic heterocycles. The van der Waals surface area contributed by atoms with E-state index in [-0.39, 0.29) is 6.42 Å². The predicted molar refractivity (Wildman–Crippen MR) is 120 cm³/mol. The van der Waals surface area contributed by atoms with Crippen molar-refractivity contribution in [3.63, 3.8) is 0 Å². The Labute approximate surface area is 187 Å². The lowest BCUT2D eigenvalue weighted by Gasteiger charge is -2.20. The van der Waals surface area contributed by atoms with E-state index in [1.54, 1.807) is 4.52 Å². The van der Waals surface area contributed by atoms with E-state index in [1.807, 2.05) is 58.2 Å². The quantitative estimate of drug-likeness (QED) is 0.518. The summed E-state index contributed by atoms with van der Waals surface area (Å²) in [5.41, 5.74) is 5.05. The van der Waals surface area contributed by atoms with Gasteiger partial charge in [0.25, 0.3) is 0 Å². The summed E-state index contributed by atoms with van der Waals surface area (Å²) in [6.45, 7) is 7.82. The Hall–Kier alpha value is -3.29. The molecule has 1 aromatic carbocycles. The average Bonchev–Trinajstić information content (AvgIpc) is 3.14. The third-order valence-electron chi connectivity index (χ3n) is 4.99. The van der Waals surface area contributed by atoms with Gasteiger partial charge in [-0.1, -0.05) is 12.1 Å². The van der Waals surface area contributed by atoms with Gasteiger partial charge in [0, 0.05) is 18.3 Å². The fourth-order valence-corrected chi connectivity index (χ4v) is 3.43. The van der Waals surface area contributed by atoms with Crippen LogP contribution in [0.2, 0.25) is 0 Å². The first-order valence-corrected chi connectivity index (χ1v) is 10.6. The SMILES string of the molecule is Cc1cc(-c2ncnn3cc(CCCC(F)C=O)cc23)ccc1CNC(=O)OC(C)(C)C. The molecule has 2 heterocycles. The zero-order valence-corrected chi connectivity index (χ0v) is 18.9. The van der Waals surface area contributed by atoms with Crippen molar-refractivity contribution in [2.75, 3.05) is 0 Å². The van der Waals surface area contributed by atoms with Gasteiger partial charge in [-0.15, -0.1) is 0 Å². The van der Waals surface area contributed by atoms with E-state index < -0.39 is 17.9 Å². The summed E-state index contributed by atoms with van der Waals surface area (Å²) in [6.07, 6.45) is 3.34. The number of aryl methyl sites for hydroxylation is 2. The molecule has 0 aliphatic heterocycles. The molecule has 8 heteroatoms. The molecular formula is C24H29FN4O3. The highest BCUT2D eigenvalue weighted by Crippen LogP contribution is 2.26. The van der Waals surface area contributed by atoms with Crippen LogP contribution in [0, 0.1) is 6.92 Å². The van der Waals surface area contributed by atoms with E-state index in [0.717, 1.165) is 33.5 Å². The molecule has 0 spiro atoms. The van der Waals surface area contributed by atoms with Crippen molar-refractivity contribution >= 4 is 17.9 Å². The number of nitrogens with one attached hydrogen (secondary N) is 1. The number of ether oxygens (including phenoxy) is 1. The molecule has 1 N–H and O–H groups in total. The number of alkyl carbamates (subject to hydrolysis) is 1. The first kappa shape index (κ1) is 23.4. The summed E-state index contributed by atoms with van der Waals surface area (Å²) in [5, 5.41) is 7.06. The molecule has 0 aliphatic rings. The number of rotatable bonds is 8. The van der Waals surface area contributed by atoms with Crippen LogP contribution >= 0.6 is 0 Å². The van der Waals surface area contributed by atoms with Crippen LogP contribution in [0.3, 0.4) is 0 Å². The standard InChI is InChI=1S/C24H29FN4O3/c1-16-10-18(8-9-19(16)12-26-23(31)32-24(2,3)4)22-21-11-17(6-5-7-20(25)14-30)13-29(21)28-15-27-22/h8-11,13-15,20H,5-7,12H2,1-4H3,(H,26,31). The van der Waals surface area contributed by atoms with E-state index in [4.69, 9.17) is 4.74 Å². The minimum atomic E-state index is -1.41. The second kappa shape index (κ2) is 9.89. The number of alkyl halides is 1. The van der Waals surface area contributed by atoms with Gasteiger partial charge in [-0.25, -0.2) is 18.7 Å². The molecule has 0 saturated heterocycles. The van der Waals surface area contributed by atoms with Crippen LogP contribution in [-0.4, -0.2) is 38.8 Å². The normalized spacial score (nSPS) is 12.5. The summed E-state index contributed by atoms with van der Waals surface area (Å²) in [6, 6.07) is 7.95. The lowest BCUT2D eigenvalue weighted by atomic mass is 10.0. The maximum absolute atomic E-state index is 13.1. The highest BCUT2D eigenvalue weighted by atomic mass is 19.1. The van der Waals surface area contributed by atoms with Crippen LogP contribution in [0.25, 0.3) is 16.8 Å². The van der Waals surface area contributed by atoms with Gasteiger partial charge in [0.2, 0.25) is 0 Å². The maximum Gasteiger partial charge on any atom is 0.407 e. The Bertz CT molecular complexity index is 1100. The minimum Gasteiger partial charge on any atom is -0.444 e. The first-order valence-electron chi connectivity index (χ1n) is 10.6. The van der Waals surface area contributed by atoms with Crippen molar-refractivity contribution in [3.05, 3.63) is 53.5 Å². The van der Waals surface area contributed by atoms with Crippen molar-refractivity contribution in [2.24, 2.45) is 0 Å². The van der Waals surface area contributed by atoms with E-state index in [2.05, 4.69) is 15.4 Å². The molecular weight excluding hydrogens is 411 g/mol. The average molecular weight is 441 g/mol. The Balaban J connectivity index is 1.74. The molecule has 1 amide bonds. The number of hydrogen-bond acceptors (Lipinski definition) is 5. The van der Waals surface area contributed by atoms with Crippen LogP contribution in [0.5, 0.6) is 0 Å². The van der Waals surface area contributed by atoms with Crippen LogP contribution < -0.4 is 5.32 Å². The summed E-state index contributed by atoms with van der Waals surface area (Å²) < 4.78 is 20.2. The van der Waals surface area contributed by atoms with Crippen molar-refractivity contribution in [2.45, 2.75) is 65.3 Å². The number of fused-ring (bicyclic) bond motifs is 1. The molecule has 1 unspecified atom stereocenters. The minimum absolute atomic E-state index is 0.214. The third-order valence-corrected chi connectivity index (χ3v) is 4.99. The van der Waals surface area contributed by atoms with Gasteiger partial charge in [-0.05, 0) is 75.8 Å². The van der Waals surface area contributed by atoms with Crippen molar-refractivity contribution in [3.8, 4) is 11.3 Å².